The Hall–Kier alpha value is -2.72. The predicted molar refractivity (Wildman–Crippen MR) is 115 cm³/mol. The predicted octanol–water partition coefficient (Wildman–Crippen LogP) is 2.58. The van der Waals surface area contributed by atoms with Crippen LogP contribution in [0.4, 0.5) is 4.39 Å². The van der Waals surface area contributed by atoms with Crippen molar-refractivity contribution in [1.29, 1.82) is 0 Å². The van der Waals surface area contributed by atoms with Gasteiger partial charge < -0.3 is 9.84 Å². The van der Waals surface area contributed by atoms with Gasteiger partial charge in [-0.15, -0.1) is 5.10 Å². The first-order chi connectivity index (χ1) is 14.9. The van der Waals surface area contributed by atoms with Gasteiger partial charge in [-0.25, -0.2) is 13.9 Å². The highest BCUT2D eigenvalue weighted by Gasteiger charge is 2.34. The number of esters is 1. The molecule has 10 heteroatoms. The zero-order chi connectivity index (χ0) is 22.4. The van der Waals surface area contributed by atoms with E-state index in [1.807, 2.05) is 11.0 Å². The minimum atomic E-state index is -0.867. The minimum Gasteiger partial charge on any atom is -0.481 e. The Morgan fingerprint density at radius 2 is 2.19 bits per heavy atom. The summed E-state index contributed by atoms with van der Waals surface area (Å²) in [7, 11) is 1.29. The van der Waals surface area contributed by atoms with Crippen molar-refractivity contribution in [1.82, 2.24) is 19.9 Å². The number of nitrogens with zero attached hydrogens (tertiary/aromatic N) is 4. The number of hydrogen-bond acceptors (Lipinski definition) is 7. The molecule has 0 spiro atoms. The summed E-state index contributed by atoms with van der Waals surface area (Å²) in [5, 5.41) is 16.7. The number of aromatic nitrogens is 3. The van der Waals surface area contributed by atoms with Crippen molar-refractivity contribution in [2.45, 2.75) is 37.1 Å². The molecule has 1 aliphatic heterocycles. The highest BCUT2D eigenvalue weighted by atomic mass is 32.1. The minimum absolute atomic E-state index is 0.0439. The van der Waals surface area contributed by atoms with Crippen molar-refractivity contribution in [2.75, 3.05) is 20.2 Å². The summed E-state index contributed by atoms with van der Waals surface area (Å²) in [6.45, 7) is 1.37. The monoisotopic (exact) mass is 448 g/mol. The molecule has 1 N–H and O–H groups in total. The van der Waals surface area contributed by atoms with Crippen LogP contribution < -0.4 is 0 Å². The molecule has 0 aliphatic carbocycles. The van der Waals surface area contributed by atoms with Gasteiger partial charge in [-0.2, -0.15) is 12.6 Å². The fourth-order valence-electron chi connectivity index (χ4n) is 3.66. The molecular formula is C21H25FN4O4S. The Labute approximate surface area is 185 Å². The molecule has 2 unspecified atom stereocenters. The average molecular weight is 449 g/mol. The number of carboxylic acids is 1. The second-order valence-corrected chi connectivity index (χ2v) is 7.94. The van der Waals surface area contributed by atoms with Crippen molar-refractivity contribution < 1.29 is 23.8 Å². The Morgan fingerprint density at radius 1 is 1.42 bits per heavy atom. The van der Waals surface area contributed by atoms with Gasteiger partial charge in [-0.05, 0) is 30.6 Å². The molecule has 8 nitrogen and oxygen atoms in total. The lowest BCUT2D eigenvalue weighted by Gasteiger charge is -2.36. The first-order valence-electron chi connectivity index (χ1n) is 9.95. The lowest BCUT2D eigenvalue weighted by Crippen LogP contribution is -2.42. The molecule has 0 bridgehead atoms. The third kappa shape index (κ3) is 5.71. The number of thiol groups is 1. The lowest BCUT2D eigenvalue weighted by molar-refractivity contribution is -0.147. The first kappa shape index (κ1) is 23.0. The van der Waals surface area contributed by atoms with Crippen LogP contribution in [-0.2, 0) is 20.9 Å². The zero-order valence-electron chi connectivity index (χ0n) is 17.1. The number of aliphatic carboxylic acids is 1. The van der Waals surface area contributed by atoms with Gasteiger partial charge in [0, 0.05) is 36.9 Å². The van der Waals surface area contributed by atoms with E-state index in [1.54, 1.807) is 29.1 Å². The van der Waals surface area contributed by atoms with Gasteiger partial charge in [0.05, 0.1) is 19.0 Å². The van der Waals surface area contributed by atoms with Crippen LogP contribution in [-0.4, -0.2) is 62.4 Å². The largest absolute Gasteiger partial charge is 0.481 e. The van der Waals surface area contributed by atoms with Crippen molar-refractivity contribution >= 4 is 30.6 Å². The van der Waals surface area contributed by atoms with Gasteiger partial charge in [0.25, 0.3) is 0 Å². The van der Waals surface area contributed by atoms with Crippen molar-refractivity contribution in [2.24, 2.45) is 0 Å². The van der Waals surface area contributed by atoms with E-state index in [0.717, 1.165) is 11.3 Å². The van der Waals surface area contributed by atoms with Crippen molar-refractivity contribution in [3.8, 4) is 0 Å². The van der Waals surface area contributed by atoms with Gasteiger partial charge >= 0.3 is 11.9 Å². The fourth-order valence-corrected chi connectivity index (χ4v) is 3.93. The van der Waals surface area contributed by atoms with Crippen LogP contribution in [0.3, 0.4) is 0 Å². The van der Waals surface area contributed by atoms with E-state index >= 15 is 0 Å². The van der Waals surface area contributed by atoms with Gasteiger partial charge in [0.2, 0.25) is 0 Å². The smallest absolute Gasteiger partial charge is 0.327 e. The van der Waals surface area contributed by atoms with Gasteiger partial charge in [0.15, 0.2) is 0 Å². The molecule has 2 aromatic rings. The molecule has 2 atom stereocenters. The number of piperidine rings is 1. The molecule has 1 aromatic heterocycles. The van der Waals surface area contributed by atoms with Crippen LogP contribution in [0.15, 0.2) is 36.0 Å². The molecular weight excluding hydrogens is 423 g/mol. The van der Waals surface area contributed by atoms with Gasteiger partial charge in [-0.3, -0.25) is 9.69 Å². The summed E-state index contributed by atoms with van der Waals surface area (Å²) in [6.07, 6.45) is 4.64. The van der Waals surface area contributed by atoms with E-state index in [0.29, 0.717) is 32.5 Å². The summed E-state index contributed by atoms with van der Waals surface area (Å²) >= 11 is 4.68. The highest BCUT2D eigenvalue weighted by molar-refractivity contribution is 7.81. The van der Waals surface area contributed by atoms with Crippen LogP contribution in [0.5, 0.6) is 0 Å². The van der Waals surface area contributed by atoms with E-state index in [2.05, 4.69) is 22.9 Å². The van der Waals surface area contributed by atoms with Crippen LogP contribution in [0.25, 0.3) is 6.08 Å². The molecule has 2 heterocycles. The number of ether oxygens (including phenoxy) is 1. The maximum Gasteiger partial charge on any atom is 0.327 e. The molecule has 0 radical (unpaired) electrons. The number of methoxy groups -OCH3 is 1. The zero-order valence-corrected chi connectivity index (χ0v) is 18.0. The number of hydrogen-bond donors (Lipinski definition) is 2. The Balaban J connectivity index is 1.84. The number of benzene rings is 1. The number of likely N-dealkylation sites (tertiary alicyclic amines) is 1. The summed E-state index contributed by atoms with van der Waals surface area (Å²) in [6, 6.07) is 5.33. The summed E-state index contributed by atoms with van der Waals surface area (Å²) in [4.78, 5) is 25.2. The molecule has 1 aromatic carbocycles. The number of carboxylic acid groups (broad SMARTS) is 1. The van der Waals surface area contributed by atoms with Crippen molar-refractivity contribution in [3.05, 3.63) is 53.1 Å². The average Bonchev–Trinajstić information content (AvgIpc) is 3.18. The second-order valence-electron chi connectivity index (χ2n) is 7.32. The molecule has 1 aliphatic rings. The van der Waals surface area contributed by atoms with Gasteiger partial charge in [-0.1, -0.05) is 23.4 Å². The van der Waals surface area contributed by atoms with E-state index in [9.17, 15) is 14.0 Å². The van der Waals surface area contributed by atoms with Crippen LogP contribution in [0.1, 0.15) is 36.6 Å². The highest BCUT2D eigenvalue weighted by Crippen LogP contribution is 2.32. The normalized spacial score (nSPS) is 19.3. The maximum atomic E-state index is 14.5. The molecule has 0 saturated carbocycles. The number of aryl methyl sites for hydroxylation is 1. The summed E-state index contributed by atoms with van der Waals surface area (Å²) < 4.78 is 21.1. The quantitative estimate of drug-likeness (QED) is 0.473. The van der Waals surface area contributed by atoms with E-state index in [4.69, 9.17) is 9.84 Å². The number of rotatable bonds is 8. The topological polar surface area (TPSA) is 97.5 Å². The Kier molecular flexibility index (Phi) is 7.80. The van der Waals surface area contributed by atoms with Crippen LogP contribution in [0, 0.1) is 5.82 Å². The molecule has 1 fully saturated rings. The summed E-state index contributed by atoms with van der Waals surface area (Å²) in [5.41, 5.74) is 1.93. The SMILES string of the molecule is COC(=O)C(c1ccccc1F)N1CCC(S)/C(=C/c2cnnn2CCCC(=O)O)C1. The second kappa shape index (κ2) is 10.5. The van der Waals surface area contributed by atoms with Gasteiger partial charge in [0.1, 0.15) is 11.9 Å². The molecule has 0 amide bonds. The first-order valence-corrected chi connectivity index (χ1v) is 10.5. The summed E-state index contributed by atoms with van der Waals surface area (Å²) in [5.74, 6) is -1.85. The Morgan fingerprint density at radius 3 is 2.90 bits per heavy atom. The van der Waals surface area contributed by atoms with Crippen LogP contribution >= 0.6 is 12.6 Å². The molecule has 3 rings (SSSR count). The standard InChI is InChI=1S/C21H25FN4O4S/c1-30-21(29)20(16-5-2-3-6-17(16)22)25-10-8-18(31)14(13-25)11-15-12-23-24-26(15)9-4-7-19(27)28/h2-3,5-6,11-12,18,20,31H,4,7-10,13H2,1H3,(H,27,28)/b14-11+. The molecule has 1 saturated heterocycles. The lowest BCUT2D eigenvalue weighted by atomic mass is 9.97. The number of carbonyl (C=O) groups is 2. The molecule has 31 heavy (non-hydrogen) atoms. The van der Waals surface area contributed by atoms with E-state index in [1.165, 1.54) is 13.2 Å². The van der Waals surface area contributed by atoms with E-state index < -0.39 is 23.8 Å². The Bertz CT molecular complexity index is 964. The van der Waals surface area contributed by atoms with E-state index in [-0.39, 0.29) is 17.2 Å². The van der Waals surface area contributed by atoms with Crippen molar-refractivity contribution in [3.63, 3.8) is 0 Å². The number of carbonyl (C=O) groups excluding carboxylic acids is 1. The fraction of sp³-hybridized carbons (Fsp3) is 0.429. The van der Waals surface area contributed by atoms with Crippen LogP contribution in [0.2, 0.25) is 0 Å². The third-order valence-corrected chi connectivity index (χ3v) is 5.82. The molecule has 166 valence electrons. The third-order valence-electron chi connectivity index (χ3n) is 5.23. The maximum absolute atomic E-state index is 14.5. The number of halogens is 1.